The zero-order chi connectivity index (χ0) is 20.4. The zero-order valence-corrected chi connectivity index (χ0v) is 15.9. The van der Waals surface area contributed by atoms with Crippen LogP contribution in [-0.4, -0.2) is 48.8 Å². The van der Waals surface area contributed by atoms with E-state index in [9.17, 15) is 9.59 Å². The first-order chi connectivity index (χ1) is 14.1. The van der Waals surface area contributed by atoms with Crippen molar-refractivity contribution in [2.45, 2.75) is 20.0 Å². The molecule has 1 aromatic carbocycles. The van der Waals surface area contributed by atoms with Gasteiger partial charge in [-0.1, -0.05) is 12.1 Å². The smallest absolute Gasteiger partial charge is 0.350 e. The summed E-state index contributed by atoms with van der Waals surface area (Å²) < 4.78 is 13.1. The molecule has 0 fully saturated rings. The Hall–Kier alpha value is -3.82. The third-order valence-electron chi connectivity index (χ3n) is 4.40. The number of imidazole rings is 2. The van der Waals surface area contributed by atoms with Crippen molar-refractivity contribution < 1.29 is 14.3 Å². The number of esters is 1. The van der Waals surface area contributed by atoms with Gasteiger partial charge in [0.2, 0.25) is 0 Å². The summed E-state index contributed by atoms with van der Waals surface area (Å²) in [6, 6.07) is 7.65. The Bertz CT molecular complexity index is 1200. The maximum Gasteiger partial charge on any atom is 0.350 e. The van der Waals surface area contributed by atoms with Gasteiger partial charge in [0.1, 0.15) is 29.8 Å². The Labute approximate surface area is 165 Å². The first-order valence-electron chi connectivity index (χ1n) is 8.95. The number of rotatable bonds is 6. The van der Waals surface area contributed by atoms with Gasteiger partial charge in [0, 0.05) is 0 Å². The van der Waals surface area contributed by atoms with E-state index in [0.29, 0.717) is 23.4 Å². The molecule has 0 unspecified atom stereocenters. The van der Waals surface area contributed by atoms with Crippen LogP contribution in [0.3, 0.4) is 0 Å². The van der Waals surface area contributed by atoms with E-state index in [1.165, 1.54) is 6.33 Å². The Kier molecular flexibility index (Phi) is 4.90. The summed E-state index contributed by atoms with van der Waals surface area (Å²) in [5.74, 6) is 0.474. The van der Waals surface area contributed by atoms with E-state index in [4.69, 9.17) is 9.47 Å². The number of fused-ring (bicyclic) bond motifs is 3. The zero-order valence-electron chi connectivity index (χ0n) is 15.9. The van der Waals surface area contributed by atoms with Gasteiger partial charge in [-0.15, -0.1) is 0 Å². The average molecular weight is 394 g/mol. The van der Waals surface area contributed by atoms with Gasteiger partial charge in [-0.05, 0) is 24.6 Å². The summed E-state index contributed by atoms with van der Waals surface area (Å²) in [5.41, 5.74) is 1.70. The summed E-state index contributed by atoms with van der Waals surface area (Å²) in [5, 5.41) is 0. The van der Waals surface area contributed by atoms with Crippen LogP contribution in [0.4, 0.5) is 0 Å². The second-order valence-corrected chi connectivity index (χ2v) is 6.22. The molecule has 0 atom stereocenters. The van der Waals surface area contributed by atoms with Crippen LogP contribution in [0.15, 0.2) is 41.7 Å². The first-order valence-corrected chi connectivity index (χ1v) is 8.95. The molecule has 2 aliphatic heterocycles. The van der Waals surface area contributed by atoms with Gasteiger partial charge in [-0.3, -0.25) is 9.36 Å². The highest BCUT2D eigenvalue weighted by Crippen LogP contribution is 2.23. The van der Waals surface area contributed by atoms with Crippen molar-refractivity contribution in [3.8, 4) is 17.3 Å². The molecule has 0 bridgehead atoms. The molecule has 10 nitrogen and oxygen atoms in total. The Balaban J connectivity index is 1.72. The molecule has 2 aliphatic rings. The minimum Gasteiger partial charge on any atom is -0.497 e. The number of hydrogen-bond acceptors (Lipinski definition) is 8. The molecule has 3 heterocycles. The van der Waals surface area contributed by atoms with Gasteiger partial charge in [-0.2, -0.15) is 4.98 Å². The predicted molar refractivity (Wildman–Crippen MR) is 103 cm³/mol. The lowest BCUT2D eigenvalue weighted by Gasteiger charge is -2.04. The molecular formula is C19H18N6O4. The third-order valence-corrected chi connectivity index (χ3v) is 4.40. The van der Waals surface area contributed by atoms with E-state index >= 15 is 0 Å². The standard InChI is InChI=1S/C19H18N6O4/c1-3-29-14(26)9-25-18-16(23-19(25)27)15-17(20-10-21-18)24(11-22-15)8-12-4-6-13(28-2)7-5-12/h4-7,10-11H,3,8-9H2,1-2H3. The van der Waals surface area contributed by atoms with Crippen molar-refractivity contribution in [1.82, 2.24) is 29.1 Å². The summed E-state index contributed by atoms with van der Waals surface area (Å²) in [6.45, 7) is 2.17. The fourth-order valence-electron chi connectivity index (χ4n) is 3.05. The van der Waals surface area contributed by atoms with E-state index in [-0.39, 0.29) is 19.0 Å². The molecule has 0 amide bonds. The minimum atomic E-state index is -0.585. The van der Waals surface area contributed by atoms with Gasteiger partial charge in [-0.25, -0.2) is 19.7 Å². The topological polar surface area (TPSA) is 114 Å². The van der Waals surface area contributed by atoms with Crippen LogP contribution >= 0.6 is 0 Å². The number of carbonyl (C=O) groups is 1. The highest BCUT2D eigenvalue weighted by atomic mass is 16.5. The van der Waals surface area contributed by atoms with Crippen molar-refractivity contribution in [2.75, 3.05) is 13.7 Å². The van der Waals surface area contributed by atoms with E-state index in [2.05, 4.69) is 19.9 Å². The maximum absolute atomic E-state index is 12.3. The van der Waals surface area contributed by atoms with Crippen molar-refractivity contribution in [2.24, 2.45) is 0 Å². The Morgan fingerprint density at radius 3 is 2.66 bits per heavy atom. The molecule has 0 saturated heterocycles. The van der Waals surface area contributed by atoms with Crippen molar-refractivity contribution >= 4 is 17.1 Å². The van der Waals surface area contributed by atoms with Gasteiger partial charge >= 0.3 is 11.7 Å². The molecule has 1 aromatic heterocycles. The Morgan fingerprint density at radius 1 is 1.14 bits per heavy atom. The summed E-state index contributed by atoms with van der Waals surface area (Å²) >= 11 is 0. The molecule has 0 saturated carbocycles. The summed E-state index contributed by atoms with van der Waals surface area (Å²) in [7, 11) is 1.62. The van der Waals surface area contributed by atoms with Crippen LogP contribution in [0.2, 0.25) is 0 Å². The lowest BCUT2D eigenvalue weighted by molar-refractivity contribution is -0.143. The summed E-state index contributed by atoms with van der Waals surface area (Å²) in [4.78, 5) is 41.1. The molecule has 148 valence electrons. The lowest BCUT2D eigenvalue weighted by Crippen LogP contribution is -2.23. The van der Waals surface area contributed by atoms with Crippen LogP contribution in [0.1, 0.15) is 12.5 Å². The normalized spacial score (nSPS) is 11.1. The number of ether oxygens (including phenoxy) is 2. The van der Waals surface area contributed by atoms with Gasteiger partial charge in [0.15, 0.2) is 11.5 Å². The molecule has 0 radical (unpaired) electrons. The number of hydrogen-bond donors (Lipinski definition) is 0. The van der Waals surface area contributed by atoms with Crippen LogP contribution in [0, 0.1) is 0 Å². The van der Waals surface area contributed by atoms with Crippen molar-refractivity contribution in [3.63, 3.8) is 0 Å². The third kappa shape index (κ3) is 3.51. The Morgan fingerprint density at radius 2 is 1.93 bits per heavy atom. The van der Waals surface area contributed by atoms with Gasteiger partial charge in [0.25, 0.3) is 0 Å². The van der Waals surface area contributed by atoms with Crippen LogP contribution in [0.5, 0.6) is 5.75 Å². The van der Waals surface area contributed by atoms with E-state index < -0.39 is 11.7 Å². The average Bonchev–Trinajstić information content (AvgIpc) is 3.18. The van der Waals surface area contributed by atoms with Crippen LogP contribution in [0.25, 0.3) is 22.7 Å². The second-order valence-electron chi connectivity index (χ2n) is 6.22. The highest BCUT2D eigenvalue weighted by Gasteiger charge is 2.22. The van der Waals surface area contributed by atoms with Crippen molar-refractivity contribution in [3.05, 3.63) is 53.0 Å². The van der Waals surface area contributed by atoms with Crippen LogP contribution < -0.4 is 10.4 Å². The van der Waals surface area contributed by atoms with E-state index in [0.717, 1.165) is 15.9 Å². The summed E-state index contributed by atoms with van der Waals surface area (Å²) in [6.07, 6.45) is 2.97. The molecule has 0 aliphatic carbocycles. The molecule has 2 aromatic rings. The van der Waals surface area contributed by atoms with Gasteiger partial charge < -0.3 is 14.0 Å². The van der Waals surface area contributed by atoms with Crippen LogP contribution in [-0.2, 0) is 22.6 Å². The number of nitrogens with zero attached hydrogens (tertiary/aromatic N) is 6. The number of aromatic nitrogens is 6. The number of carbonyl (C=O) groups excluding carboxylic acids is 1. The second kappa shape index (κ2) is 7.66. The van der Waals surface area contributed by atoms with E-state index in [1.807, 2.05) is 28.8 Å². The fraction of sp³-hybridized carbons (Fsp3) is 0.263. The largest absolute Gasteiger partial charge is 0.497 e. The number of benzene rings is 1. The molecule has 0 N–H and O–H groups in total. The fourth-order valence-corrected chi connectivity index (χ4v) is 3.05. The number of methoxy groups -OCH3 is 1. The first kappa shape index (κ1) is 18.5. The quantitative estimate of drug-likeness (QED) is 0.447. The molecule has 4 rings (SSSR count). The SMILES string of the molecule is CCOC(=O)Cn1c2ncnc3c(ncn3Cc3ccc(OC)cc3)c-2nc1=O. The van der Waals surface area contributed by atoms with Crippen molar-refractivity contribution in [1.29, 1.82) is 0 Å². The molecule has 0 spiro atoms. The molecule has 10 heteroatoms. The lowest BCUT2D eigenvalue weighted by atomic mass is 10.2. The predicted octanol–water partition coefficient (Wildman–Crippen LogP) is 1.11. The molecular weight excluding hydrogens is 376 g/mol. The monoisotopic (exact) mass is 394 g/mol. The van der Waals surface area contributed by atoms with Gasteiger partial charge in [0.05, 0.1) is 26.6 Å². The molecule has 29 heavy (non-hydrogen) atoms. The highest BCUT2D eigenvalue weighted by molar-refractivity contribution is 5.85. The maximum atomic E-state index is 12.3. The van der Waals surface area contributed by atoms with E-state index in [1.54, 1.807) is 20.4 Å². The minimum absolute atomic E-state index is 0.225.